The molecule has 1 fully saturated rings. The molecule has 0 amide bonds. The highest BCUT2D eigenvalue weighted by molar-refractivity contribution is 9.10. The number of primary sulfonamides is 1. The van der Waals surface area contributed by atoms with Crippen LogP contribution in [0.15, 0.2) is 27.6 Å². The summed E-state index contributed by atoms with van der Waals surface area (Å²) < 4.78 is 51.1. The Kier molecular flexibility index (Phi) is 4.93. The van der Waals surface area contributed by atoms with Crippen molar-refractivity contribution < 1.29 is 16.8 Å². The number of sulfonamides is 1. The van der Waals surface area contributed by atoms with E-state index >= 15 is 0 Å². The van der Waals surface area contributed by atoms with Crippen LogP contribution in [0.3, 0.4) is 0 Å². The number of nitrogens with one attached hydrogen (secondary N) is 1. The lowest BCUT2D eigenvalue weighted by Gasteiger charge is -2.26. The maximum atomic E-state index is 12.2. The van der Waals surface area contributed by atoms with Crippen molar-refractivity contribution in [2.24, 2.45) is 5.14 Å². The first-order valence-electron chi connectivity index (χ1n) is 6.30. The summed E-state index contributed by atoms with van der Waals surface area (Å²) in [7, 11) is -7.46. The molecule has 1 aliphatic heterocycles. The Morgan fingerprint density at radius 1 is 1.10 bits per heavy atom. The van der Waals surface area contributed by atoms with E-state index in [-0.39, 0.29) is 10.6 Å². The van der Waals surface area contributed by atoms with Gasteiger partial charge in [-0.3, -0.25) is 4.72 Å². The van der Waals surface area contributed by atoms with E-state index in [4.69, 9.17) is 5.14 Å². The Labute approximate surface area is 132 Å². The van der Waals surface area contributed by atoms with Gasteiger partial charge in [-0.15, -0.1) is 0 Å². The molecular weight excluding hydrogens is 382 g/mol. The van der Waals surface area contributed by atoms with Crippen molar-refractivity contribution in [3.8, 4) is 0 Å². The Morgan fingerprint density at radius 2 is 1.71 bits per heavy atom. The third-order valence-electron chi connectivity index (χ3n) is 3.16. The Morgan fingerprint density at radius 3 is 2.24 bits per heavy atom. The van der Waals surface area contributed by atoms with E-state index in [1.54, 1.807) is 0 Å². The van der Waals surface area contributed by atoms with Crippen molar-refractivity contribution in [2.45, 2.75) is 24.2 Å². The molecule has 1 aromatic carbocycles. The molecule has 0 aromatic heterocycles. The van der Waals surface area contributed by atoms with Crippen molar-refractivity contribution in [2.75, 3.05) is 17.8 Å². The van der Waals surface area contributed by atoms with Crippen LogP contribution in [0.5, 0.6) is 0 Å². The summed E-state index contributed by atoms with van der Waals surface area (Å²) in [5.41, 5.74) is 0.271. The molecule has 1 aliphatic rings. The standard InChI is InChI=1S/C11H16BrN3O4S2/c12-10-8-9(20(13,16)17)4-5-11(10)14-21(18,19)15-6-2-1-3-7-15/h4-5,8,14H,1-3,6-7H2,(H2,13,16,17). The zero-order valence-electron chi connectivity index (χ0n) is 11.1. The summed E-state index contributed by atoms with van der Waals surface area (Å²) in [4.78, 5) is -0.0877. The molecule has 2 rings (SSSR count). The quantitative estimate of drug-likeness (QED) is 0.795. The third kappa shape index (κ3) is 4.16. The largest absolute Gasteiger partial charge is 0.301 e. The average Bonchev–Trinajstić information content (AvgIpc) is 2.41. The van der Waals surface area contributed by atoms with E-state index < -0.39 is 20.2 Å². The van der Waals surface area contributed by atoms with Gasteiger partial charge in [-0.1, -0.05) is 6.42 Å². The number of rotatable bonds is 4. The first-order chi connectivity index (χ1) is 9.70. The lowest BCUT2D eigenvalue weighted by molar-refractivity contribution is 0.349. The highest BCUT2D eigenvalue weighted by atomic mass is 79.9. The van der Waals surface area contributed by atoms with Crippen molar-refractivity contribution in [1.29, 1.82) is 0 Å². The average molecular weight is 398 g/mol. The predicted octanol–water partition coefficient (Wildman–Crippen LogP) is 1.24. The van der Waals surface area contributed by atoms with E-state index in [9.17, 15) is 16.8 Å². The summed E-state index contributed by atoms with van der Waals surface area (Å²) in [6.07, 6.45) is 2.71. The molecule has 0 spiro atoms. The van der Waals surface area contributed by atoms with Crippen molar-refractivity contribution in [3.63, 3.8) is 0 Å². The van der Waals surface area contributed by atoms with Gasteiger partial charge in [0, 0.05) is 17.6 Å². The number of nitrogens with two attached hydrogens (primary N) is 1. The molecule has 0 atom stereocenters. The minimum absolute atomic E-state index is 0.0877. The minimum atomic E-state index is -3.82. The van der Waals surface area contributed by atoms with Gasteiger partial charge in [-0.05, 0) is 47.0 Å². The molecular formula is C11H16BrN3O4S2. The van der Waals surface area contributed by atoms with E-state index in [0.29, 0.717) is 17.6 Å². The van der Waals surface area contributed by atoms with Gasteiger partial charge in [-0.25, -0.2) is 13.6 Å². The van der Waals surface area contributed by atoms with Crippen LogP contribution in [0.25, 0.3) is 0 Å². The highest BCUT2D eigenvalue weighted by Gasteiger charge is 2.24. The number of hydrogen-bond acceptors (Lipinski definition) is 4. The topological polar surface area (TPSA) is 110 Å². The molecule has 1 aromatic rings. The minimum Gasteiger partial charge on any atom is -0.270 e. The lowest BCUT2D eigenvalue weighted by Crippen LogP contribution is -2.39. The van der Waals surface area contributed by atoms with Gasteiger partial charge >= 0.3 is 10.2 Å². The predicted molar refractivity (Wildman–Crippen MR) is 83.5 cm³/mol. The Bertz CT molecular complexity index is 728. The maximum Gasteiger partial charge on any atom is 0.301 e. The number of anilines is 1. The summed E-state index contributed by atoms with van der Waals surface area (Å²) in [5.74, 6) is 0. The van der Waals surface area contributed by atoms with Crippen molar-refractivity contribution in [3.05, 3.63) is 22.7 Å². The molecule has 0 unspecified atom stereocenters. The molecule has 1 saturated heterocycles. The number of piperidine rings is 1. The summed E-state index contributed by atoms with van der Waals surface area (Å²) in [5, 5.41) is 5.02. The lowest BCUT2D eigenvalue weighted by atomic mass is 10.2. The van der Waals surface area contributed by atoms with Gasteiger partial charge in [0.1, 0.15) is 0 Å². The molecule has 3 N–H and O–H groups in total. The molecule has 0 radical (unpaired) electrons. The Hall–Kier alpha value is -0.680. The van der Waals surface area contributed by atoms with Crippen LogP contribution in [0.2, 0.25) is 0 Å². The van der Waals surface area contributed by atoms with Crippen LogP contribution in [-0.4, -0.2) is 34.2 Å². The van der Waals surface area contributed by atoms with Crippen molar-refractivity contribution >= 4 is 41.8 Å². The molecule has 1 heterocycles. The maximum absolute atomic E-state index is 12.2. The second-order valence-electron chi connectivity index (χ2n) is 4.75. The zero-order valence-corrected chi connectivity index (χ0v) is 14.3. The van der Waals surface area contributed by atoms with E-state index in [0.717, 1.165) is 19.3 Å². The zero-order chi connectivity index (χ0) is 15.7. The van der Waals surface area contributed by atoms with Crippen LogP contribution >= 0.6 is 15.9 Å². The molecule has 118 valence electrons. The number of nitrogens with zero attached hydrogens (tertiary/aromatic N) is 1. The van der Waals surface area contributed by atoms with Crippen LogP contribution in [-0.2, 0) is 20.2 Å². The van der Waals surface area contributed by atoms with E-state index in [1.807, 2.05) is 0 Å². The number of benzene rings is 1. The second kappa shape index (κ2) is 6.21. The fourth-order valence-corrected chi connectivity index (χ4v) is 4.69. The molecule has 7 nitrogen and oxygen atoms in total. The molecule has 0 bridgehead atoms. The molecule has 21 heavy (non-hydrogen) atoms. The second-order valence-corrected chi connectivity index (χ2v) is 8.84. The van der Waals surface area contributed by atoms with Crippen LogP contribution in [0.1, 0.15) is 19.3 Å². The SMILES string of the molecule is NS(=O)(=O)c1ccc(NS(=O)(=O)N2CCCCC2)c(Br)c1. The fraction of sp³-hybridized carbons (Fsp3) is 0.455. The summed E-state index contributed by atoms with van der Waals surface area (Å²) in [6.45, 7) is 0.977. The van der Waals surface area contributed by atoms with Gasteiger partial charge in [0.05, 0.1) is 10.6 Å². The molecule has 0 aliphatic carbocycles. The first kappa shape index (κ1) is 16.7. The summed E-state index contributed by atoms with van der Waals surface area (Å²) >= 11 is 3.15. The Balaban J connectivity index is 2.23. The number of halogens is 1. The van der Waals surface area contributed by atoms with Crippen LogP contribution in [0.4, 0.5) is 5.69 Å². The van der Waals surface area contributed by atoms with E-state index in [1.165, 1.54) is 22.5 Å². The molecule has 0 saturated carbocycles. The normalized spacial score (nSPS) is 17.6. The first-order valence-corrected chi connectivity index (χ1v) is 10.1. The number of hydrogen-bond donors (Lipinski definition) is 2. The monoisotopic (exact) mass is 397 g/mol. The summed E-state index contributed by atoms with van der Waals surface area (Å²) in [6, 6.07) is 3.89. The van der Waals surface area contributed by atoms with Gasteiger partial charge < -0.3 is 0 Å². The van der Waals surface area contributed by atoms with Crippen molar-refractivity contribution in [1.82, 2.24) is 4.31 Å². The van der Waals surface area contributed by atoms with Crippen LogP contribution in [0, 0.1) is 0 Å². The molecule has 10 heteroatoms. The van der Waals surface area contributed by atoms with Gasteiger partial charge in [0.25, 0.3) is 0 Å². The van der Waals surface area contributed by atoms with Gasteiger partial charge in [0.15, 0.2) is 0 Å². The van der Waals surface area contributed by atoms with Crippen LogP contribution < -0.4 is 9.86 Å². The smallest absolute Gasteiger partial charge is 0.270 e. The highest BCUT2D eigenvalue weighted by Crippen LogP contribution is 2.27. The van der Waals surface area contributed by atoms with Gasteiger partial charge in [-0.2, -0.15) is 12.7 Å². The van der Waals surface area contributed by atoms with E-state index in [2.05, 4.69) is 20.7 Å². The third-order valence-corrected chi connectivity index (χ3v) is 6.25. The fourth-order valence-electron chi connectivity index (χ4n) is 2.06. The van der Waals surface area contributed by atoms with Gasteiger partial charge in [0.2, 0.25) is 10.0 Å².